The van der Waals surface area contributed by atoms with E-state index in [-0.39, 0.29) is 5.91 Å². The summed E-state index contributed by atoms with van der Waals surface area (Å²) < 4.78 is 0. The summed E-state index contributed by atoms with van der Waals surface area (Å²) in [6, 6.07) is 9.32. The molecule has 0 saturated heterocycles. The second kappa shape index (κ2) is 5.09. The van der Waals surface area contributed by atoms with Gasteiger partial charge in [-0.2, -0.15) is 0 Å². The summed E-state index contributed by atoms with van der Waals surface area (Å²) in [5.41, 5.74) is 10.7. The van der Waals surface area contributed by atoms with Crippen molar-refractivity contribution >= 4 is 33.8 Å². The average Bonchev–Trinajstić information content (AvgIpc) is 3.14. The molecule has 24 heavy (non-hydrogen) atoms. The number of anilines is 1. The Hall–Kier alpha value is -3.35. The van der Waals surface area contributed by atoms with E-state index in [2.05, 4.69) is 25.3 Å². The second-order valence-corrected chi connectivity index (χ2v) is 5.68. The lowest BCUT2D eigenvalue weighted by Crippen LogP contribution is -2.17. The first-order valence-electron chi connectivity index (χ1n) is 7.53. The summed E-state index contributed by atoms with van der Waals surface area (Å²) in [6.07, 6.45) is 0. The number of hydrogen-bond acceptors (Lipinski definition) is 4. The van der Waals surface area contributed by atoms with Crippen molar-refractivity contribution in [3.63, 3.8) is 0 Å². The zero-order valence-electron chi connectivity index (χ0n) is 13.3. The van der Waals surface area contributed by atoms with Crippen LogP contribution in [0.25, 0.3) is 33.3 Å². The normalized spacial score (nSPS) is 11.2. The fourth-order valence-corrected chi connectivity index (χ4v) is 2.89. The van der Waals surface area contributed by atoms with Crippen molar-refractivity contribution in [1.82, 2.24) is 25.3 Å². The van der Waals surface area contributed by atoms with Crippen LogP contribution in [0.5, 0.6) is 0 Å². The largest absolute Gasteiger partial charge is 0.384 e. The number of nitrogens with one attached hydrogen (secondary N) is 3. The number of aromatic nitrogens is 4. The number of imidazole rings is 1. The second-order valence-electron chi connectivity index (χ2n) is 5.68. The molecular weight excluding hydrogens is 304 g/mol. The molecular formula is C17H16N6O. The van der Waals surface area contributed by atoms with Crippen LogP contribution in [0.1, 0.15) is 16.2 Å². The summed E-state index contributed by atoms with van der Waals surface area (Å²) >= 11 is 0. The molecule has 7 nitrogen and oxygen atoms in total. The number of carbonyl (C=O) groups is 1. The van der Waals surface area contributed by atoms with Crippen molar-refractivity contribution in [3.05, 3.63) is 41.7 Å². The number of amides is 1. The minimum atomic E-state index is -0.113. The van der Waals surface area contributed by atoms with Gasteiger partial charge in [0.15, 0.2) is 5.65 Å². The van der Waals surface area contributed by atoms with Crippen LogP contribution in [0, 0.1) is 6.92 Å². The zero-order valence-corrected chi connectivity index (χ0v) is 13.3. The van der Waals surface area contributed by atoms with Gasteiger partial charge in [-0.25, -0.2) is 9.97 Å². The van der Waals surface area contributed by atoms with E-state index < -0.39 is 0 Å². The number of aryl methyl sites for hydroxylation is 1. The van der Waals surface area contributed by atoms with E-state index in [9.17, 15) is 4.79 Å². The topological polar surface area (TPSA) is 112 Å². The van der Waals surface area contributed by atoms with Crippen molar-refractivity contribution in [1.29, 1.82) is 0 Å². The van der Waals surface area contributed by atoms with Crippen molar-refractivity contribution in [2.24, 2.45) is 0 Å². The highest BCUT2D eigenvalue weighted by atomic mass is 16.1. The van der Waals surface area contributed by atoms with Crippen LogP contribution >= 0.6 is 0 Å². The molecule has 3 aromatic heterocycles. The van der Waals surface area contributed by atoms with E-state index in [1.807, 2.05) is 25.1 Å². The third-order valence-electron chi connectivity index (χ3n) is 3.99. The van der Waals surface area contributed by atoms with Gasteiger partial charge >= 0.3 is 0 Å². The third-order valence-corrected chi connectivity index (χ3v) is 3.99. The van der Waals surface area contributed by atoms with Gasteiger partial charge < -0.3 is 21.0 Å². The lowest BCUT2D eigenvalue weighted by Gasteiger charge is -2.01. The van der Waals surface area contributed by atoms with E-state index in [0.717, 1.165) is 33.5 Å². The van der Waals surface area contributed by atoms with E-state index in [0.29, 0.717) is 17.0 Å². The van der Waals surface area contributed by atoms with Gasteiger partial charge in [0.1, 0.15) is 17.2 Å². The van der Waals surface area contributed by atoms with Crippen LogP contribution in [-0.2, 0) is 0 Å². The SMILES string of the molecule is CNC(=O)c1ccc2[nH]c(-c3cc(N)nc4[nH]c(C)nc34)cc2c1. The van der Waals surface area contributed by atoms with Crippen LogP contribution in [0.2, 0.25) is 0 Å². The maximum atomic E-state index is 11.8. The fourth-order valence-electron chi connectivity index (χ4n) is 2.89. The van der Waals surface area contributed by atoms with E-state index in [1.165, 1.54) is 0 Å². The smallest absolute Gasteiger partial charge is 0.251 e. The van der Waals surface area contributed by atoms with Gasteiger partial charge in [-0.3, -0.25) is 4.79 Å². The molecule has 0 saturated carbocycles. The van der Waals surface area contributed by atoms with E-state index >= 15 is 0 Å². The number of benzene rings is 1. The number of nitrogen functional groups attached to an aromatic ring is 1. The number of hydrogen-bond donors (Lipinski definition) is 4. The van der Waals surface area contributed by atoms with Gasteiger partial charge in [-0.15, -0.1) is 0 Å². The molecule has 0 bridgehead atoms. The van der Waals surface area contributed by atoms with Crippen LogP contribution in [0.15, 0.2) is 30.3 Å². The Balaban J connectivity index is 1.92. The molecule has 4 aromatic rings. The highest BCUT2D eigenvalue weighted by Crippen LogP contribution is 2.30. The van der Waals surface area contributed by atoms with Crippen LogP contribution in [0.3, 0.4) is 0 Å². The molecule has 3 heterocycles. The predicted molar refractivity (Wildman–Crippen MR) is 93.7 cm³/mol. The summed E-state index contributed by atoms with van der Waals surface area (Å²) in [5.74, 6) is 1.09. The van der Waals surface area contributed by atoms with Crippen molar-refractivity contribution in [2.75, 3.05) is 12.8 Å². The third kappa shape index (κ3) is 2.18. The Labute approximate surface area is 137 Å². The Morgan fingerprint density at radius 1 is 1.17 bits per heavy atom. The number of nitrogens with zero attached hydrogens (tertiary/aromatic N) is 2. The van der Waals surface area contributed by atoms with Gasteiger partial charge in [0.25, 0.3) is 5.91 Å². The molecule has 0 fully saturated rings. The number of nitrogens with two attached hydrogens (primary N) is 1. The molecule has 4 rings (SSSR count). The monoisotopic (exact) mass is 320 g/mol. The summed E-state index contributed by atoms with van der Waals surface area (Å²) in [5, 5.41) is 3.58. The van der Waals surface area contributed by atoms with Gasteiger partial charge in [-0.05, 0) is 37.3 Å². The maximum Gasteiger partial charge on any atom is 0.251 e. The van der Waals surface area contributed by atoms with E-state index in [4.69, 9.17) is 5.73 Å². The van der Waals surface area contributed by atoms with Crippen LogP contribution in [-0.4, -0.2) is 32.9 Å². The molecule has 0 atom stereocenters. The molecule has 0 spiro atoms. The number of fused-ring (bicyclic) bond motifs is 2. The van der Waals surface area contributed by atoms with Gasteiger partial charge in [0.2, 0.25) is 0 Å². The maximum absolute atomic E-state index is 11.8. The Bertz CT molecular complexity index is 1090. The fraction of sp³-hybridized carbons (Fsp3) is 0.118. The molecule has 0 aliphatic heterocycles. The molecule has 0 aliphatic rings. The first kappa shape index (κ1) is 14.3. The van der Waals surface area contributed by atoms with Crippen molar-refractivity contribution in [3.8, 4) is 11.3 Å². The standard InChI is InChI=1S/C17H16N6O/c1-8-20-15-11(7-14(18)23-16(15)21-8)13-6-10-5-9(17(24)19-2)3-4-12(10)22-13/h3-7,22H,1-2H3,(H,19,24)(H3,18,20,21,23). The van der Waals surface area contributed by atoms with Crippen molar-refractivity contribution in [2.45, 2.75) is 6.92 Å². The van der Waals surface area contributed by atoms with Crippen molar-refractivity contribution < 1.29 is 4.79 Å². The van der Waals surface area contributed by atoms with Gasteiger partial charge in [-0.1, -0.05) is 0 Å². The molecule has 1 amide bonds. The number of aromatic amines is 2. The quantitative estimate of drug-likeness (QED) is 0.454. The average molecular weight is 320 g/mol. The molecule has 0 unspecified atom stereocenters. The molecule has 7 heteroatoms. The first-order valence-corrected chi connectivity index (χ1v) is 7.53. The predicted octanol–water partition coefficient (Wildman–Crippen LogP) is 2.36. The van der Waals surface area contributed by atoms with Gasteiger partial charge in [0.05, 0.1) is 0 Å². The lowest BCUT2D eigenvalue weighted by molar-refractivity contribution is 0.0963. The number of H-pyrrole nitrogens is 2. The lowest BCUT2D eigenvalue weighted by atomic mass is 10.1. The van der Waals surface area contributed by atoms with Gasteiger partial charge in [0, 0.05) is 34.8 Å². The summed E-state index contributed by atoms with van der Waals surface area (Å²) in [6.45, 7) is 1.88. The Morgan fingerprint density at radius 2 is 2.00 bits per heavy atom. The highest BCUT2D eigenvalue weighted by Gasteiger charge is 2.13. The zero-order chi connectivity index (χ0) is 16.8. The Kier molecular flexibility index (Phi) is 3.02. The Morgan fingerprint density at radius 3 is 2.79 bits per heavy atom. The van der Waals surface area contributed by atoms with Crippen LogP contribution in [0.4, 0.5) is 5.82 Å². The minimum Gasteiger partial charge on any atom is -0.384 e. The molecule has 0 radical (unpaired) electrons. The molecule has 5 N–H and O–H groups in total. The molecule has 120 valence electrons. The van der Waals surface area contributed by atoms with Crippen LogP contribution < -0.4 is 11.1 Å². The summed E-state index contributed by atoms with van der Waals surface area (Å²) in [7, 11) is 1.62. The number of rotatable bonds is 2. The molecule has 0 aliphatic carbocycles. The minimum absolute atomic E-state index is 0.113. The number of carbonyl (C=O) groups excluding carboxylic acids is 1. The molecule has 1 aromatic carbocycles. The summed E-state index contributed by atoms with van der Waals surface area (Å²) in [4.78, 5) is 27.0. The van der Waals surface area contributed by atoms with E-state index in [1.54, 1.807) is 19.2 Å². The first-order chi connectivity index (χ1) is 11.5. The highest BCUT2D eigenvalue weighted by molar-refractivity contribution is 6.00. The number of pyridine rings is 1.